The van der Waals surface area contributed by atoms with Gasteiger partial charge in [-0.15, -0.1) is 11.8 Å². The molecule has 0 bridgehead atoms. The average molecular weight is 338 g/mol. The van der Waals surface area contributed by atoms with E-state index in [0.29, 0.717) is 6.04 Å². The van der Waals surface area contributed by atoms with Gasteiger partial charge < -0.3 is 4.98 Å². The lowest BCUT2D eigenvalue weighted by atomic mass is 10.0. The average Bonchev–Trinajstić information content (AvgIpc) is 2.90. The topological polar surface area (TPSA) is 31.9 Å². The molecule has 0 spiro atoms. The van der Waals surface area contributed by atoms with Crippen molar-refractivity contribution in [3.8, 4) is 0 Å². The standard InChI is InChI=1S/C14H16BrN3S/c1-18(8-11-7-16-9-17-11)13-4-5-19-14-3-2-10(15)6-12(13)14/h2-3,6-7,9,13H,4-5,8H2,1H3,(H,16,17)/t13-/m1/s1. The van der Waals surface area contributed by atoms with Crippen molar-refractivity contribution in [2.24, 2.45) is 0 Å². The highest BCUT2D eigenvalue weighted by atomic mass is 79.9. The van der Waals surface area contributed by atoms with Crippen molar-refractivity contribution in [2.45, 2.75) is 23.9 Å². The third kappa shape index (κ3) is 2.88. The lowest BCUT2D eigenvalue weighted by Crippen LogP contribution is -2.27. The summed E-state index contributed by atoms with van der Waals surface area (Å²) >= 11 is 5.54. The Hall–Kier alpha value is -0.780. The van der Waals surface area contributed by atoms with E-state index < -0.39 is 0 Å². The third-order valence-electron chi connectivity index (χ3n) is 3.49. The molecule has 3 rings (SSSR count). The van der Waals surface area contributed by atoms with Crippen molar-refractivity contribution >= 4 is 27.7 Å². The van der Waals surface area contributed by atoms with E-state index in [4.69, 9.17) is 0 Å². The number of hydrogen-bond donors (Lipinski definition) is 1. The molecule has 5 heteroatoms. The highest BCUT2D eigenvalue weighted by Gasteiger charge is 2.24. The SMILES string of the molecule is CN(Cc1cnc[nH]1)[C@@H]1CCSc2ccc(Br)cc21. The molecular weight excluding hydrogens is 322 g/mol. The van der Waals surface area contributed by atoms with Gasteiger partial charge in [0.1, 0.15) is 0 Å². The van der Waals surface area contributed by atoms with Gasteiger partial charge in [0.15, 0.2) is 0 Å². The van der Waals surface area contributed by atoms with Gasteiger partial charge in [0.2, 0.25) is 0 Å². The molecule has 0 radical (unpaired) electrons. The van der Waals surface area contributed by atoms with Crippen LogP contribution in [-0.4, -0.2) is 27.7 Å². The third-order valence-corrected chi connectivity index (χ3v) is 5.10. The zero-order chi connectivity index (χ0) is 13.2. The first-order chi connectivity index (χ1) is 9.24. The van der Waals surface area contributed by atoms with E-state index in [2.05, 4.69) is 56.0 Å². The van der Waals surface area contributed by atoms with Gasteiger partial charge in [0, 0.05) is 33.8 Å². The monoisotopic (exact) mass is 337 g/mol. The van der Waals surface area contributed by atoms with Crippen LogP contribution in [0, 0.1) is 0 Å². The maximum atomic E-state index is 4.08. The fourth-order valence-electron chi connectivity index (χ4n) is 2.56. The van der Waals surface area contributed by atoms with Crippen LogP contribution in [0.4, 0.5) is 0 Å². The number of nitrogens with zero attached hydrogens (tertiary/aromatic N) is 2. The number of hydrogen-bond acceptors (Lipinski definition) is 3. The van der Waals surface area contributed by atoms with E-state index in [1.54, 1.807) is 6.33 Å². The van der Waals surface area contributed by atoms with Gasteiger partial charge >= 0.3 is 0 Å². The molecule has 0 amide bonds. The maximum absolute atomic E-state index is 4.08. The van der Waals surface area contributed by atoms with Crippen LogP contribution < -0.4 is 0 Å². The van der Waals surface area contributed by atoms with E-state index in [0.717, 1.165) is 16.7 Å². The molecular formula is C14H16BrN3S. The van der Waals surface area contributed by atoms with Crippen LogP contribution in [0.5, 0.6) is 0 Å². The molecule has 1 aromatic carbocycles. The summed E-state index contributed by atoms with van der Waals surface area (Å²) in [6.45, 7) is 0.904. The Kier molecular flexibility index (Phi) is 3.96. The second-order valence-corrected chi connectivity index (χ2v) is 6.88. The van der Waals surface area contributed by atoms with Crippen LogP contribution in [-0.2, 0) is 6.54 Å². The van der Waals surface area contributed by atoms with Gasteiger partial charge in [-0.2, -0.15) is 0 Å². The fraction of sp³-hybridized carbons (Fsp3) is 0.357. The number of halogens is 1. The molecule has 1 N–H and O–H groups in total. The zero-order valence-electron chi connectivity index (χ0n) is 10.8. The lowest BCUT2D eigenvalue weighted by molar-refractivity contribution is 0.225. The molecule has 0 fully saturated rings. The van der Waals surface area contributed by atoms with E-state index in [9.17, 15) is 0 Å². The van der Waals surface area contributed by atoms with Gasteiger partial charge in [-0.1, -0.05) is 15.9 Å². The van der Waals surface area contributed by atoms with Crippen LogP contribution in [0.1, 0.15) is 23.7 Å². The Morgan fingerprint density at radius 2 is 2.42 bits per heavy atom. The lowest BCUT2D eigenvalue weighted by Gasteiger charge is -2.32. The highest BCUT2D eigenvalue weighted by Crippen LogP contribution is 2.40. The van der Waals surface area contributed by atoms with Crippen molar-refractivity contribution in [2.75, 3.05) is 12.8 Å². The summed E-state index contributed by atoms with van der Waals surface area (Å²) in [6, 6.07) is 7.09. The van der Waals surface area contributed by atoms with Crippen molar-refractivity contribution < 1.29 is 0 Å². The first-order valence-electron chi connectivity index (χ1n) is 6.34. The number of H-pyrrole nitrogens is 1. The van der Waals surface area contributed by atoms with Gasteiger partial charge in [-0.05, 0) is 43.0 Å². The summed E-state index contributed by atoms with van der Waals surface area (Å²) in [7, 11) is 2.19. The summed E-state index contributed by atoms with van der Waals surface area (Å²) in [5, 5.41) is 0. The minimum atomic E-state index is 0.483. The van der Waals surface area contributed by atoms with E-state index >= 15 is 0 Å². The molecule has 0 saturated heterocycles. The van der Waals surface area contributed by atoms with Crippen LogP contribution >= 0.6 is 27.7 Å². The van der Waals surface area contributed by atoms with Gasteiger partial charge in [0.25, 0.3) is 0 Å². The van der Waals surface area contributed by atoms with Crippen molar-refractivity contribution in [3.63, 3.8) is 0 Å². The van der Waals surface area contributed by atoms with Crippen LogP contribution in [0.15, 0.2) is 40.1 Å². The largest absolute Gasteiger partial charge is 0.347 e. The molecule has 2 heterocycles. The molecule has 19 heavy (non-hydrogen) atoms. The van der Waals surface area contributed by atoms with Crippen LogP contribution in [0.25, 0.3) is 0 Å². The van der Waals surface area contributed by atoms with E-state index in [1.807, 2.05) is 18.0 Å². The van der Waals surface area contributed by atoms with Crippen molar-refractivity contribution in [1.29, 1.82) is 0 Å². The van der Waals surface area contributed by atoms with Gasteiger partial charge in [0.05, 0.1) is 6.33 Å². The Labute approximate surface area is 125 Å². The highest BCUT2D eigenvalue weighted by molar-refractivity contribution is 9.10. The molecule has 0 aliphatic carbocycles. The molecule has 1 aliphatic rings. The maximum Gasteiger partial charge on any atom is 0.0922 e. The second-order valence-electron chi connectivity index (χ2n) is 4.83. The number of fused-ring (bicyclic) bond motifs is 1. The summed E-state index contributed by atoms with van der Waals surface area (Å²) in [6.07, 6.45) is 4.83. The predicted octanol–water partition coefficient (Wildman–Crippen LogP) is 3.84. The second kappa shape index (κ2) is 5.69. The van der Waals surface area contributed by atoms with Crippen LogP contribution in [0.3, 0.4) is 0 Å². The Bertz CT molecular complexity index is 556. The number of nitrogens with one attached hydrogen (secondary N) is 1. The predicted molar refractivity (Wildman–Crippen MR) is 82.3 cm³/mol. The van der Waals surface area contributed by atoms with Gasteiger partial charge in [-0.3, -0.25) is 4.90 Å². The molecule has 0 unspecified atom stereocenters. The Morgan fingerprint density at radius 1 is 1.53 bits per heavy atom. The number of thioether (sulfide) groups is 1. The summed E-state index contributed by atoms with van der Waals surface area (Å²) in [5.41, 5.74) is 2.60. The van der Waals surface area contributed by atoms with Gasteiger partial charge in [-0.25, -0.2) is 4.98 Å². The Balaban J connectivity index is 1.84. The number of rotatable bonds is 3. The molecule has 1 atom stereocenters. The normalized spacial score (nSPS) is 18.6. The number of aromatic amines is 1. The molecule has 100 valence electrons. The molecule has 3 nitrogen and oxygen atoms in total. The summed E-state index contributed by atoms with van der Waals surface area (Å²) < 4.78 is 1.16. The van der Waals surface area contributed by atoms with Crippen molar-refractivity contribution in [1.82, 2.24) is 14.9 Å². The Morgan fingerprint density at radius 3 is 3.21 bits per heavy atom. The first-order valence-corrected chi connectivity index (χ1v) is 8.11. The molecule has 1 aliphatic heterocycles. The van der Waals surface area contributed by atoms with Crippen molar-refractivity contribution in [3.05, 3.63) is 46.5 Å². The summed E-state index contributed by atoms with van der Waals surface area (Å²) in [5.74, 6) is 1.19. The van der Waals surface area contributed by atoms with E-state index in [-0.39, 0.29) is 0 Å². The molecule has 1 aromatic heterocycles. The smallest absolute Gasteiger partial charge is 0.0922 e. The number of aromatic nitrogens is 2. The fourth-order valence-corrected chi connectivity index (χ4v) is 4.02. The first kappa shape index (κ1) is 13.2. The van der Waals surface area contributed by atoms with E-state index in [1.165, 1.54) is 22.6 Å². The number of imidazole rings is 1. The van der Waals surface area contributed by atoms with Crippen LogP contribution in [0.2, 0.25) is 0 Å². The minimum absolute atomic E-state index is 0.483. The quantitative estimate of drug-likeness (QED) is 0.923. The zero-order valence-corrected chi connectivity index (χ0v) is 13.2. The molecule has 2 aromatic rings. The number of benzene rings is 1. The summed E-state index contributed by atoms with van der Waals surface area (Å²) in [4.78, 5) is 11.1. The minimum Gasteiger partial charge on any atom is -0.347 e. The molecule has 0 saturated carbocycles.